The molecule has 1 N–H and O–H groups in total. The Hall–Kier alpha value is -2.47. The summed E-state index contributed by atoms with van der Waals surface area (Å²) in [6.45, 7) is 1.95. The molecule has 1 heterocycles. The first kappa shape index (κ1) is 16.9. The predicted molar refractivity (Wildman–Crippen MR) is 89.0 cm³/mol. The van der Waals surface area contributed by atoms with Gasteiger partial charge in [0.1, 0.15) is 4.88 Å². The van der Waals surface area contributed by atoms with E-state index in [2.05, 4.69) is 10.1 Å². The first-order valence-corrected chi connectivity index (χ1v) is 7.94. The molecule has 1 aromatic heterocycles. The molecule has 0 spiro atoms. The van der Waals surface area contributed by atoms with Crippen LogP contribution >= 0.6 is 11.3 Å². The number of ketones is 1. The number of hydrogen-bond donors (Lipinski definition) is 1. The van der Waals surface area contributed by atoms with Crippen LogP contribution < -0.4 is 5.32 Å². The van der Waals surface area contributed by atoms with E-state index < -0.39 is 5.97 Å². The highest BCUT2D eigenvalue weighted by molar-refractivity contribution is 7.12. The van der Waals surface area contributed by atoms with Crippen molar-refractivity contribution in [2.45, 2.75) is 19.8 Å². The molecule has 2 rings (SSSR count). The maximum Gasteiger partial charge on any atom is 0.350 e. The van der Waals surface area contributed by atoms with Gasteiger partial charge in [0.25, 0.3) is 0 Å². The molecule has 0 atom stereocenters. The lowest BCUT2D eigenvalue weighted by Crippen LogP contribution is -2.15. The number of methoxy groups -OCH3 is 1. The Labute approximate surface area is 138 Å². The molecule has 0 unspecified atom stereocenters. The molecule has 23 heavy (non-hydrogen) atoms. The third kappa shape index (κ3) is 4.50. The Kier molecular flexibility index (Phi) is 5.65. The fourth-order valence-corrected chi connectivity index (χ4v) is 2.75. The number of benzene rings is 1. The number of nitrogens with one attached hydrogen (secondary N) is 1. The predicted octanol–water partition coefficient (Wildman–Crippen LogP) is 3.44. The molecule has 0 saturated heterocycles. The number of anilines is 1. The van der Waals surface area contributed by atoms with Crippen molar-refractivity contribution in [2.75, 3.05) is 12.4 Å². The van der Waals surface area contributed by atoms with Crippen LogP contribution in [0.1, 0.15) is 38.4 Å². The molecule has 0 radical (unpaired) electrons. The number of amides is 1. The Bertz CT molecular complexity index is 718. The zero-order valence-corrected chi connectivity index (χ0v) is 13.7. The van der Waals surface area contributed by atoms with Gasteiger partial charge in [-0.15, -0.1) is 11.3 Å². The van der Waals surface area contributed by atoms with E-state index in [0.717, 1.165) is 5.56 Å². The van der Waals surface area contributed by atoms with Crippen LogP contribution in [0.5, 0.6) is 0 Å². The van der Waals surface area contributed by atoms with Gasteiger partial charge in [0.2, 0.25) is 5.91 Å². The number of aryl methyl sites for hydroxylation is 1. The van der Waals surface area contributed by atoms with Crippen LogP contribution in [0.3, 0.4) is 0 Å². The second-order valence-electron chi connectivity index (χ2n) is 4.99. The maximum atomic E-state index is 12.0. The van der Waals surface area contributed by atoms with Crippen LogP contribution in [-0.2, 0) is 9.53 Å². The highest BCUT2D eigenvalue weighted by atomic mass is 32.1. The van der Waals surface area contributed by atoms with Gasteiger partial charge in [-0.05, 0) is 18.4 Å². The molecule has 1 aromatic carbocycles. The highest BCUT2D eigenvalue weighted by Crippen LogP contribution is 2.23. The van der Waals surface area contributed by atoms with Gasteiger partial charge >= 0.3 is 5.97 Å². The molecular formula is C17H17NO4S. The first-order chi connectivity index (χ1) is 11.0. The van der Waals surface area contributed by atoms with E-state index in [-0.39, 0.29) is 24.5 Å². The van der Waals surface area contributed by atoms with Crippen LogP contribution in [-0.4, -0.2) is 24.8 Å². The second kappa shape index (κ2) is 7.69. The van der Waals surface area contributed by atoms with Crippen LogP contribution in [0, 0.1) is 6.92 Å². The smallest absolute Gasteiger partial charge is 0.350 e. The number of hydrogen-bond acceptors (Lipinski definition) is 5. The summed E-state index contributed by atoms with van der Waals surface area (Å²) in [6.07, 6.45) is 0.176. The lowest BCUT2D eigenvalue weighted by molar-refractivity contribution is -0.116. The minimum atomic E-state index is -0.494. The van der Waals surface area contributed by atoms with Crippen molar-refractivity contribution in [2.24, 2.45) is 0 Å². The molecule has 0 bridgehead atoms. The Morgan fingerprint density at radius 2 is 1.78 bits per heavy atom. The van der Waals surface area contributed by atoms with Crippen molar-refractivity contribution in [3.8, 4) is 0 Å². The number of carbonyl (C=O) groups is 3. The van der Waals surface area contributed by atoms with Crippen LogP contribution in [0.15, 0.2) is 35.7 Å². The lowest BCUT2D eigenvalue weighted by Gasteiger charge is -2.05. The van der Waals surface area contributed by atoms with E-state index >= 15 is 0 Å². The van der Waals surface area contributed by atoms with Crippen LogP contribution in [0.25, 0.3) is 0 Å². The van der Waals surface area contributed by atoms with Crippen molar-refractivity contribution >= 4 is 34.7 Å². The highest BCUT2D eigenvalue weighted by Gasteiger charge is 2.16. The molecule has 5 nitrogen and oxygen atoms in total. The molecule has 1 amide bonds. The van der Waals surface area contributed by atoms with Gasteiger partial charge in [-0.1, -0.05) is 29.8 Å². The van der Waals surface area contributed by atoms with Crippen LogP contribution in [0.4, 0.5) is 5.69 Å². The van der Waals surface area contributed by atoms with E-state index in [9.17, 15) is 14.4 Å². The van der Waals surface area contributed by atoms with Crippen LogP contribution in [0.2, 0.25) is 0 Å². The van der Waals surface area contributed by atoms with Gasteiger partial charge in [0.15, 0.2) is 5.78 Å². The molecular weight excluding hydrogens is 314 g/mol. The average Bonchev–Trinajstić information content (AvgIpc) is 3.00. The van der Waals surface area contributed by atoms with E-state index in [1.165, 1.54) is 18.4 Å². The summed E-state index contributed by atoms with van der Waals surface area (Å²) in [5.74, 6) is -0.890. The van der Waals surface area contributed by atoms with Crippen molar-refractivity contribution in [1.29, 1.82) is 0 Å². The fourth-order valence-electron chi connectivity index (χ4n) is 1.98. The molecule has 120 valence electrons. The summed E-state index contributed by atoms with van der Waals surface area (Å²) in [5, 5.41) is 4.33. The summed E-state index contributed by atoms with van der Waals surface area (Å²) < 4.78 is 4.65. The number of esters is 1. The summed E-state index contributed by atoms with van der Waals surface area (Å²) in [7, 11) is 1.29. The van der Waals surface area contributed by atoms with Gasteiger partial charge in [-0.2, -0.15) is 0 Å². The quantitative estimate of drug-likeness (QED) is 0.650. The Morgan fingerprint density at radius 1 is 1.09 bits per heavy atom. The molecule has 6 heteroatoms. The third-order valence-electron chi connectivity index (χ3n) is 3.26. The largest absolute Gasteiger partial charge is 0.465 e. The topological polar surface area (TPSA) is 72.5 Å². The number of Topliss-reactive ketones (excluding diaryl/α,β-unsaturated/α-hetero) is 1. The Balaban J connectivity index is 1.90. The number of ether oxygens (including phenoxy) is 1. The first-order valence-electron chi connectivity index (χ1n) is 7.07. The van der Waals surface area contributed by atoms with E-state index in [4.69, 9.17) is 0 Å². The molecule has 0 saturated carbocycles. The zero-order chi connectivity index (χ0) is 16.8. The summed E-state index contributed by atoms with van der Waals surface area (Å²) >= 11 is 1.19. The number of thiophene rings is 1. The molecule has 2 aromatic rings. The summed E-state index contributed by atoms with van der Waals surface area (Å²) in [5.41, 5.74) is 2.08. The lowest BCUT2D eigenvalue weighted by atomic mass is 10.0. The molecule has 0 aliphatic heterocycles. The third-order valence-corrected chi connectivity index (χ3v) is 4.16. The van der Waals surface area contributed by atoms with Crippen molar-refractivity contribution in [1.82, 2.24) is 0 Å². The fraction of sp³-hybridized carbons (Fsp3) is 0.235. The van der Waals surface area contributed by atoms with Gasteiger partial charge in [-0.3, -0.25) is 9.59 Å². The van der Waals surface area contributed by atoms with Crippen molar-refractivity contribution < 1.29 is 19.1 Å². The molecule has 0 fully saturated rings. The molecule has 0 aliphatic rings. The van der Waals surface area contributed by atoms with Crippen molar-refractivity contribution in [3.63, 3.8) is 0 Å². The van der Waals surface area contributed by atoms with E-state index in [1.54, 1.807) is 23.6 Å². The van der Waals surface area contributed by atoms with Gasteiger partial charge in [0, 0.05) is 18.4 Å². The van der Waals surface area contributed by atoms with Crippen molar-refractivity contribution in [3.05, 3.63) is 51.7 Å². The Morgan fingerprint density at radius 3 is 2.43 bits per heavy atom. The average molecular weight is 331 g/mol. The number of carbonyl (C=O) groups excluding carboxylic acids is 3. The van der Waals surface area contributed by atoms with Gasteiger partial charge in [0.05, 0.1) is 12.8 Å². The maximum absolute atomic E-state index is 12.0. The second-order valence-corrected chi connectivity index (χ2v) is 5.91. The standard InChI is InChI=1S/C17H17NO4S/c1-11-3-5-12(6-4-11)14(19)7-8-15(20)18-13-9-10-23-16(13)17(21)22-2/h3-6,9-10H,7-8H2,1-2H3,(H,18,20). The van der Waals surface area contributed by atoms with Gasteiger partial charge < -0.3 is 10.1 Å². The monoisotopic (exact) mass is 331 g/mol. The minimum absolute atomic E-state index is 0.0587. The minimum Gasteiger partial charge on any atom is -0.465 e. The number of rotatable bonds is 6. The van der Waals surface area contributed by atoms with E-state index in [1.807, 2.05) is 19.1 Å². The van der Waals surface area contributed by atoms with Gasteiger partial charge in [-0.25, -0.2) is 4.79 Å². The molecule has 0 aliphatic carbocycles. The van der Waals surface area contributed by atoms with E-state index in [0.29, 0.717) is 16.1 Å². The SMILES string of the molecule is COC(=O)c1sccc1NC(=O)CCC(=O)c1ccc(C)cc1. The summed E-state index contributed by atoms with van der Waals surface area (Å²) in [4.78, 5) is 35.9. The normalized spacial score (nSPS) is 10.2. The summed E-state index contributed by atoms with van der Waals surface area (Å²) in [6, 6.07) is 8.87. The zero-order valence-electron chi connectivity index (χ0n) is 12.9.